The van der Waals surface area contributed by atoms with Crippen LogP contribution in [0.1, 0.15) is 5.82 Å². The normalized spacial score (nSPS) is 14.7. The summed E-state index contributed by atoms with van der Waals surface area (Å²) in [6.45, 7) is 5.27. The van der Waals surface area contributed by atoms with E-state index in [4.69, 9.17) is 10.5 Å². The number of fused-ring (bicyclic) bond motifs is 3. The van der Waals surface area contributed by atoms with Crippen LogP contribution in [0.15, 0.2) is 42.5 Å². The molecule has 0 radical (unpaired) electrons. The summed E-state index contributed by atoms with van der Waals surface area (Å²) in [5.74, 6) is 1.49. The molecular formula is C21H22N6O. The Morgan fingerprint density at radius 2 is 1.86 bits per heavy atom. The molecule has 0 spiro atoms. The molecule has 2 aromatic heterocycles. The summed E-state index contributed by atoms with van der Waals surface area (Å²) in [5, 5.41) is 4.48. The van der Waals surface area contributed by atoms with Gasteiger partial charge in [0.15, 0.2) is 5.82 Å². The third-order valence-corrected chi connectivity index (χ3v) is 5.09. The van der Waals surface area contributed by atoms with Gasteiger partial charge in [0.2, 0.25) is 0 Å². The van der Waals surface area contributed by atoms with Crippen molar-refractivity contribution in [2.24, 2.45) is 0 Å². The molecule has 0 unspecified atom stereocenters. The number of aryl methyl sites for hydroxylation is 1. The van der Waals surface area contributed by atoms with Crippen molar-refractivity contribution in [3.05, 3.63) is 48.3 Å². The maximum atomic E-state index is 5.79. The van der Waals surface area contributed by atoms with Crippen LogP contribution >= 0.6 is 0 Å². The number of ether oxygens (including phenoxy) is 1. The van der Waals surface area contributed by atoms with E-state index in [9.17, 15) is 0 Å². The Labute approximate surface area is 162 Å². The van der Waals surface area contributed by atoms with Crippen LogP contribution in [-0.4, -0.2) is 41.3 Å². The van der Waals surface area contributed by atoms with Gasteiger partial charge in [0.1, 0.15) is 16.9 Å². The van der Waals surface area contributed by atoms with E-state index in [1.807, 2.05) is 31.2 Å². The van der Waals surface area contributed by atoms with Gasteiger partial charge in [-0.1, -0.05) is 0 Å². The van der Waals surface area contributed by atoms with Crippen LogP contribution in [-0.2, 0) is 4.74 Å². The van der Waals surface area contributed by atoms with E-state index in [1.54, 1.807) is 0 Å². The Hall–Kier alpha value is -3.32. The lowest BCUT2D eigenvalue weighted by Crippen LogP contribution is -2.36. The van der Waals surface area contributed by atoms with E-state index in [0.717, 1.165) is 71.3 Å². The predicted octanol–water partition coefficient (Wildman–Crippen LogP) is 3.58. The van der Waals surface area contributed by atoms with Gasteiger partial charge in [0.25, 0.3) is 0 Å². The molecule has 0 bridgehead atoms. The zero-order valence-electron chi connectivity index (χ0n) is 15.7. The van der Waals surface area contributed by atoms with E-state index < -0.39 is 0 Å². The van der Waals surface area contributed by atoms with Gasteiger partial charge in [0.05, 0.1) is 18.7 Å². The SMILES string of the molecule is Cc1nc(Nc2ccc(N)cc2)c2[nH]c3cc(N4CCOCC4)ccc3c2n1. The predicted molar refractivity (Wildman–Crippen MR) is 113 cm³/mol. The lowest BCUT2D eigenvalue weighted by atomic mass is 10.2. The first-order chi connectivity index (χ1) is 13.7. The number of anilines is 4. The fraction of sp³-hybridized carbons (Fsp3) is 0.238. The van der Waals surface area contributed by atoms with Gasteiger partial charge in [-0.15, -0.1) is 0 Å². The Morgan fingerprint density at radius 3 is 2.64 bits per heavy atom. The van der Waals surface area contributed by atoms with Crippen molar-refractivity contribution in [2.75, 3.05) is 42.3 Å². The molecule has 0 aliphatic carbocycles. The highest BCUT2D eigenvalue weighted by atomic mass is 16.5. The molecule has 0 saturated carbocycles. The number of hydrogen-bond donors (Lipinski definition) is 3. The molecule has 0 amide bonds. The number of rotatable bonds is 3. The summed E-state index contributed by atoms with van der Waals surface area (Å²) in [4.78, 5) is 15.2. The number of nitrogens with one attached hydrogen (secondary N) is 2. The Kier molecular flexibility index (Phi) is 4.02. The number of benzene rings is 2. The van der Waals surface area contributed by atoms with Gasteiger partial charge < -0.3 is 25.7 Å². The zero-order chi connectivity index (χ0) is 19.1. The number of hydrogen-bond acceptors (Lipinski definition) is 6. The third-order valence-electron chi connectivity index (χ3n) is 5.09. The third kappa shape index (κ3) is 2.99. The summed E-state index contributed by atoms with van der Waals surface area (Å²) in [7, 11) is 0. The molecular weight excluding hydrogens is 352 g/mol. The number of nitrogen functional groups attached to an aromatic ring is 1. The van der Waals surface area contributed by atoms with Gasteiger partial charge in [-0.25, -0.2) is 9.97 Å². The fourth-order valence-corrected chi connectivity index (χ4v) is 3.67. The molecule has 4 aromatic rings. The number of aromatic amines is 1. The summed E-state index contributed by atoms with van der Waals surface area (Å²) < 4.78 is 5.47. The Bertz CT molecular complexity index is 1150. The standard InChI is InChI=1S/C21H22N6O/c1-13-23-19-17-7-6-16(27-8-10-28-11-9-27)12-18(17)26-20(19)21(24-13)25-15-4-2-14(22)3-5-15/h2-7,12,26H,8-11,22H2,1H3,(H,23,24,25). The summed E-state index contributed by atoms with van der Waals surface area (Å²) >= 11 is 0. The second-order valence-corrected chi connectivity index (χ2v) is 7.04. The second kappa shape index (κ2) is 6.69. The van der Waals surface area contributed by atoms with Crippen molar-refractivity contribution in [3.8, 4) is 0 Å². The first-order valence-electron chi connectivity index (χ1n) is 9.43. The molecule has 3 heterocycles. The van der Waals surface area contributed by atoms with Crippen LogP contribution in [0.5, 0.6) is 0 Å². The van der Waals surface area contributed by atoms with Gasteiger partial charge in [-0.2, -0.15) is 0 Å². The number of aromatic nitrogens is 3. The minimum Gasteiger partial charge on any atom is -0.399 e. The molecule has 2 aromatic carbocycles. The zero-order valence-corrected chi connectivity index (χ0v) is 15.7. The monoisotopic (exact) mass is 374 g/mol. The molecule has 1 aliphatic rings. The number of nitrogens with two attached hydrogens (primary N) is 1. The minimum absolute atomic E-state index is 0.726. The van der Waals surface area contributed by atoms with E-state index in [0.29, 0.717) is 0 Å². The lowest BCUT2D eigenvalue weighted by molar-refractivity contribution is 0.122. The summed E-state index contributed by atoms with van der Waals surface area (Å²) in [6.07, 6.45) is 0. The smallest absolute Gasteiger partial charge is 0.158 e. The second-order valence-electron chi connectivity index (χ2n) is 7.04. The lowest BCUT2D eigenvalue weighted by Gasteiger charge is -2.28. The molecule has 1 saturated heterocycles. The molecule has 7 heteroatoms. The first-order valence-corrected chi connectivity index (χ1v) is 9.43. The van der Waals surface area contributed by atoms with Gasteiger partial charge in [-0.05, 0) is 49.4 Å². The fourth-order valence-electron chi connectivity index (χ4n) is 3.67. The summed E-state index contributed by atoms with van der Waals surface area (Å²) in [5.41, 5.74) is 11.5. The Balaban J connectivity index is 1.59. The first kappa shape index (κ1) is 16.8. The molecule has 4 N–H and O–H groups in total. The minimum atomic E-state index is 0.726. The van der Waals surface area contributed by atoms with Crippen LogP contribution in [0, 0.1) is 6.92 Å². The van der Waals surface area contributed by atoms with Crippen LogP contribution in [0.3, 0.4) is 0 Å². The van der Waals surface area contributed by atoms with Gasteiger partial charge in [-0.3, -0.25) is 0 Å². The van der Waals surface area contributed by atoms with Crippen LogP contribution in [0.4, 0.5) is 22.9 Å². The van der Waals surface area contributed by atoms with E-state index in [-0.39, 0.29) is 0 Å². The van der Waals surface area contributed by atoms with E-state index >= 15 is 0 Å². The van der Waals surface area contributed by atoms with Crippen LogP contribution < -0.4 is 16.0 Å². The topological polar surface area (TPSA) is 92.1 Å². The van der Waals surface area contributed by atoms with Gasteiger partial charge >= 0.3 is 0 Å². The molecule has 5 rings (SSSR count). The molecule has 28 heavy (non-hydrogen) atoms. The van der Waals surface area contributed by atoms with Crippen molar-refractivity contribution < 1.29 is 4.74 Å². The van der Waals surface area contributed by atoms with Gasteiger partial charge in [0, 0.05) is 35.5 Å². The maximum Gasteiger partial charge on any atom is 0.158 e. The molecule has 1 fully saturated rings. The highest BCUT2D eigenvalue weighted by Crippen LogP contribution is 2.32. The van der Waals surface area contributed by atoms with E-state index in [1.165, 1.54) is 5.69 Å². The largest absolute Gasteiger partial charge is 0.399 e. The average molecular weight is 374 g/mol. The van der Waals surface area contributed by atoms with E-state index in [2.05, 4.69) is 43.4 Å². The van der Waals surface area contributed by atoms with Crippen molar-refractivity contribution in [2.45, 2.75) is 6.92 Å². The number of H-pyrrole nitrogens is 1. The highest BCUT2D eigenvalue weighted by molar-refractivity contribution is 6.09. The van der Waals surface area contributed by atoms with Crippen molar-refractivity contribution in [1.29, 1.82) is 0 Å². The molecule has 1 aliphatic heterocycles. The van der Waals surface area contributed by atoms with Crippen LogP contribution in [0.25, 0.3) is 21.9 Å². The molecule has 7 nitrogen and oxygen atoms in total. The van der Waals surface area contributed by atoms with Crippen molar-refractivity contribution in [3.63, 3.8) is 0 Å². The Morgan fingerprint density at radius 1 is 1.07 bits per heavy atom. The van der Waals surface area contributed by atoms with Crippen molar-refractivity contribution >= 4 is 44.8 Å². The summed E-state index contributed by atoms with van der Waals surface area (Å²) in [6, 6.07) is 14.1. The number of nitrogens with zero attached hydrogens (tertiary/aromatic N) is 3. The quantitative estimate of drug-likeness (QED) is 0.475. The number of morpholine rings is 1. The van der Waals surface area contributed by atoms with Crippen LogP contribution in [0.2, 0.25) is 0 Å². The molecule has 0 atom stereocenters. The highest BCUT2D eigenvalue weighted by Gasteiger charge is 2.16. The van der Waals surface area contributed by atoms with Crippen molar-refractivity contribution in [1.82, 2.24) is 15.0 Å². The maximum absolute atomic E-state index is 5.79. The molecule has 142 valence electrons. The average Bonchev–Trinajstić information content (AvgIpc) is 3.08.